The molecule has 9 heteroatoms. The van der Waals surface area contributed by atoms with Crippen LogP contribution >= 0.6 is 11.6 Å². The summed E-state index contributed by atoms with van der Waals surface area (Å²) in [6.07, 6.45) is 1.54. The van der Waals surface area contributed by atoms with Gasteiger partial charge in [-0.05, 0) is 18.2 Å². The lowest BCUT2D eigenvalue weighted by Gasteiger charge is -2.27. The maximum atomic E-state index is 12.3. The molecule has 2 aromatic rings. The molecule has 25 heavy (non-hydrogen) atoms. The van der Waals surface area contributed by atoms with Gasteiger partial charge in [0.2, 0.25) is 0 Å². The van der Waals surface area contributed by atoms with Crippen molar-refractivity contribution in [2.24, 2.45) is 0 Å². The number of nitrogens with one attached hydrogen (secondary N) is 1. The van der Waals surface area contributed by atoms with Crippen molar-refractivity contribution < 1.29 is 14.5 Å². The first-order valence-electron chi connectivity index (χ1n) is 7.58. The Labute approximate surface area is 148 Å². The van der Waals surface area contributed by atoms with Crippen LogP contribution in [0.15, 0.2) is 36.5 Å². The fourth-order valence-electron chi connectivity index (χ4n) is 2.44. The smallest absolute Gasteiger partial charge is 0.270 e. The van der Waals surface area contributed by atoms with E-state index in [-0.39, 0.29) is 16.3 Å². The van der Waals surface area contributed by atoms with Gasteiger partial charge in [-0.25, -0.2) is 4.98 Å². The molecule has 0 spiro atoms. The predicted molar refractivity (Wildman–Crippen MR) is 93.3 cm³/mol. The number of morpholine rings is 1. The van der Waals surface area contributed by atoms with Crippen LogP contribution in [0.3, 0.4) is 0 Å². The molecule has 2 heterocycles. The molecular formula is C16H15ClN4O4. The number of ether oxygens (including phenoxy) is 1. The number of hydrogen-bond donors (Lipinski definition) is 1. The second kappa shape index (κ2) is 7.45. The van der Waals surface area contributed by atoms with E-state index in [1.807, 2.05) is 0 Å². The van der Waals surface area contributed by atoms with E-state index in [0.29, 0.717) is 18.9 Å². The summed E-state index contributed by atoms with van der Waals surface area (Å²) in [5, 5.41) is 13.6. The second-order valence-corrected chi connectivity index (χ2v) is 5.79. The normalized spacial score (nSPS) is 14.2. The topological polar surface area (TPSA) is 97.6 Å². The Morgan fingerprint density at radius 2 is 2.04 bits per heavy atom. The number of hydrogen-bond acceptors (Lipinski definition) is 6. The van der Waals surface area contributed by atoms with Gasteiger partial charge in [-0.15, -0.1) is 0 Å². The van der Waals surface area contributed by atoms with Gasteiger partial charge in [0.15, 0.2) is 0 Å². The molecule has 130 valence electrons. The number of aromatic nitrogens is 1. The minimum absolute atomic E-state index is 0.0353. The van der Waals surface area contributed by atoms with Crippen LogP contribution in [0.5, 0.6) is 0 Å². The third-order valence-electron chi connectivity index (χ3n) is 3.75. The molecule has 0 unspecified atom stereocenters. The zero-order valence-electron chi connectivity index (χ0n) is 13.1. The van der Waals surface area contributed by atoms with Gasteiger partial charge in [0.05, 0.1) is 40.6 Å². The summed E-state index contributed by atoms with van der Waals surface area (Å²) >= 11 is 5.97. The van der Waals surface area contributed by atoms with Crippen molar-refractivity contribution in [3.8, 4) is 0 Å². The van der Waals surface area contributed by atoms with E-state index in [9.17, 15) is 14.9 Å². The third-order valence-corrected chi connectivity index (χ3v) is 4.08. The van der Waals surface area contributed by atoms with Crippen molar-refractivity contribution in [2.45, 2.75) is 0 Å². The van der Waals surface area contributed by atoms with E-state index in [0.717, 1.165) is 25.0 Å². The van der Waals surface area contributed by atoms with Crippen molar-refractivity contribution in [1.29, 1.82) is 0 Å². The SMILES string of the molecule is O=C(Nc1ccc(N2CCOCC2)nc1)c1cc([N+](=O)[O-])ccc1Cl. The van der Waals surface area contributed by atoms with Gasteiger partial charge in [-0.2, -0.15) is 0 Å². The summed E-state index contributed by atoms with van der Waals surface area (Å²) in [5.74, 6) is 0.268. The lowest BCUT2D eigenvalue weighted by Crippen LogP contribution is -2.36. The van der Waals surface area contributed by atoms with Crippen LogP contribution in [0.1, 0.15) is 10.4 Å². The second-order valence-electron chi connectivity index (χ2n) is 5.38. The molecular weight excluding hydrogens is 348 g/mol. The summed E-state index contributed by atoms with van der Waals surface area (Å²) in [6, 6.07) is 7.25. The number of anilines is 2. The Bertz CT molecular complexity index is 791. The van der Waals surface area contributed by atoms with Crippen molar-refractivity contribution in [2.75, 3.05) is 36.5 Å². The Balaban J connectivity index is 1.72. The first-order chi connectivity index (χ1) is 12.0. The molecule has 1 aromatic carbocycles. The minimum Gasteiger partial charge on any atom is -0.378 e. The molecule has 0 atom stereocenters. The van der Waals surface area contributed by atoms with Crippen LogP contribution in [0.25, 0.3) is 0 Å². The number of halogens is 1. The molecule has 8 nitrogen and oxygen atoms in total. The Morgan fingerprint density at radius 3 is 2.68 bits per heavy atom. The first kappa shape index (κ1) is 17.1. The molecule has 0 bridgehead atoms. The van der Waals surface area contributed by atoms with Crippen LogP contribution in [-0.4, -0.2) is 42.1 Å². The molecule has 1 amide bonds. The van der Waals surface area contributed by atoms with Gasteiger partial charge < -0.3 is 15.0 Å². The highest BCUT2D eigenvalue weighted by Crippen LogP contribution is 2.23. The molecule has 1 fully saturated rings. The van der Waals surface area contributed by atoms with Gasteiger partial charge in [-0.3, -0.25) is 14.9 Å². The number of nitro groups is 1. The molecule has 1 aromatic heterocycles. The molecule has 1 aliphatic heterocycles. The van der Waals surface area contributed by atoms with E-state index in [1.165, 1.54) is 18.3 Å². The minimum atomic E-state index is -0.578. The first-order valence-corrected chi connectivity index (χ1v) is 7.96. The number of amides is 1. The maximum absolute atomic E-state index is 12.3. The number of nitrogens with zero attached hydrogens (tertiary/aromatic N) is 3. The fraction of sp³-hybridized carbons (Fsp3) is 0.250. The van der Waals surface area contributed by atoms with Gasteiger partial charge in [-0.1, -0.05) is 11.6 Å². The third kappa shape index (κ3) is 4.04. The Kier molecular flexibility index (Phi) is 5.11. The molecule has 0 aliphatic carbocycles. The van der Waals surface area contributed by atoms with E-state index < -0.39 is 10.8 Å². The van der Waals surface area contributed by atoms with Gasteiger partial charge in [0.25, 0.3) is 11.6 Å². The Morgan fingerprint density at radius 1 is 1.28 bits per heavy atom. The van der Waals surface area contributed by atoms with Crippen LogP contribution in [0.2, 0.25) is 5.02 Å². The largest absolute Gasteiger partial charge is 0.378 e. The van der Waals surface area contributed by atoms with E-state index in [1.54, 1.807) is 12.1 Å². The quantitative estimate of drug-likeness (QED) is 0.663. The van der Waals surface area contributed by atoms with Crippen molar-refractivity contribution >= 4 is 34.7 Å². The van der Waals surface area contributed by atoms with Gasteiger partial charge in [0, 0.05) is 25.2 Å². The standard InChI is InChI=1S/C16H15ClN4O4/c17-14-3-2-12(21(23)24)9-13(14)16(22)19-11-1-4-15(18-10-11)20-5-7-25-8-6-20/h1-4,9-10H,5-8H2,(H,19,22). The average molecular weight is 363 g/mol. The summed E-state index contributed by atoms with van der Waals surface area (Å²) in [7, 11) is 0. The van der Waals surface area contributed by atoms with E-state index in [4.69, 9.17) is 16.3 Å². The molecule has 0 saturated carbocycles. The number of nitro benzene ring substituents is 1. The molecule has 1 aliphatic rings. The summed E-state index contributed by atoms with van der Waals surface area (Å²) in [6.45, 7) is 2.85. The molecule has 0 radical (unpaired) electrons. The number of non-ortho nitro benzene ring substituents is 1. The highest BCUT2D eigenvalue weighted by atomic mass is 35.5. The van der Waals surface area contributed by atoms with Crippen LogP contribution < -0.4 is 10.2 Å². The summed E-state index contributed by atoms with van der Waals surface area (Å²) in [4.78, 5) is 29.0. The number of carbonyl (C=O) groups excluding carboxylic acids is 1. The van der Waals surface area contributed by atoms with Crippen molar-refractivity contribution in [3.05, 3.63) is 57.2 Å². The Hall–Kier alpha value is -2.71. The monoisotopic (exact) mass is 362 g/mol. The molecule has 1 N–H and O–H groups in total. The number of carbonyl (C=O) groups is 1. The number of pyridine rings is 1. The van der Waals surface area contributed by atoms with Crippen LogP contribution in [-0.2, 0) is 4.74 Å². The van der Waals surface area contributed by atoms with Crippen LogP contribution in [0.4, 0.5) is 17.2 Å². The van der Waals surface area contributed by atoms with Crippen molar-refractivity contribution in [1.82, 2.24) is 4.98 Å². The highest BCUT2D eigenvalue weighted by Gasteiger charge is 2.17. The van der Waals surface area contributed by atoms with Crippen LogP contribution in [0, 0.1) is 10.1 Å². The average Bonchev–Trinajstić information content (AvgIpc) is 2.63. The summed E-state index contributed by atoms with van der Waals surface area (Å²) in [5.41, 5.74) is 0.313. The molecule has 3 rings (SSSR count). The van der Waals surface area contributed by atoms with E-state index >= 15 is 0 Å². The number of benzene rings is 1. The van der Waals surface area contributed by atoms with Gasteiger partial charge in [0.1, 0.15) is 5.82 Å². The zero-order chi connectivity index (χ0) is 17.8. The summed E-state index contributed by atoms with van der Waals surface area (Å²) < 4.78 is 5.30. The fourth-order valence-corrected chi connectivity index (χ4v) is 2.64. The lowest BCUT2D eigenvalue weighted by molar-refractivity contribution is -0.384. The predicted octanol–water partition coefficient (Wildman–Crippen LogP) is 2.73. The van der Waals surface area contributed by atoms with E-state index in [2.05, 4.69) is 15.2 Å². The number of rotatable bonds is 4. The highest BCUT2D eigenvalue weighted by molar-refractivity contribution is 6.34. The lowest BCUT2D eigenvalue weighted by atomic mass is 10.2. The van der Waals surface area contributed by atoms with Crippen molar-refractivity contribution in [3.63, 3.8) is 0 Å². The van der Waals surface area contributed by atoms with Gasteiger partial charge >= 0.3 is 0 Å². The maximum Gasteiger partial charge on any atom is 0.270 e. The zero-order valence-corrected chi connectivity index (χ0v) is 13.9. The molecule has 1 saturated heterocycles.